The Morgan fingerprint density at radius 1 is 1.04 bits per heavy atom. The molecule has 6 nitrogen and oxygen atoms in total. The SMILES string of the molecule is CC(C)(C)CC(=O)Nc1ccc(Cc2nc(-c3ccc(CN)cc3)no2)cc1. The summed E-state index contributed by atoms with van der Waals surface area (Å²) in [5.41, 5.74) is 9.34. The summed E-state index contributed by atoms with van der Waals surface area (Å²) >= 11 is 0. The molecular weight excluding hydrogens is 352 g/mol. The van der Waals surface area contributed by atoms with Crippen LogP contribution in [0.2, 0.25) is 0 Å². The highest BCUT2D eigenvalue weighted by Crippen LogP contribution is 2.21. The van der Waals surface area contributed by atoms with Crippen LogP contribution in [0.1, 0.15) is 44.2 Å². The predicted molar refractivity (Wildman–Crippen MR) is 110 cm³/mol. The molecule has 6 heteroatoms. The van der Waals surface area contributed by atoms with Gasteiger partial charge < -0.3 is 15.6 Å². The second-order valence-electron chi connectivity index (χ2n) is 8.07. The zero-order valence-electron chi connectivity index (χ0n) is 16.5. The zero-order valence-corrected chi connectivity index (χ0v) is 16.5. The molecule has 0 spiro atoms. The normalized spacial score (nSPS) is 11.4. The van der Waals surface area contributed by atoms with Gasteiger partial charge in [-0.15, -0.1) is 0 Å². The molecule has 0 radical (unpaired) electrons. The first-order chi connectivity index (χ1) is 13.3. The van der Waals surface area contributed by atoms with Crippen LogP contribution < -0.4 is 11.1 Å². The second kappa shape index (κ2) is 8.35. The standard InChI is InChI=1S/C22H26N4O2/c1-22(2,3)13-19(27)24-18-10-6-15(7-11-18)12-20-25-21(26-28-20)17-8-4-16(14-23)5-9-17/h4-11H,12-14,23H2,1-3H3,(H,24,27). The van der Waals surface area contributed by atoms with Crippen LogP contribution in [0.3, 0.4) is 0 Å². The summed E-state index contributed by atoms with van der Waals surface area (Å²) in [6, 6.07) is 15.5. The third-order valence-electron chi connectivity index (χ3n) is 4.20. The van der Waals surface area contributed by atoms with Crippen molar-refractivity contribution in [3.63, 3.8) is 0 Å². The van der Waals surface area contributed by atoms with E-state index in [4.69, 9.17) is 10.3 Å². The average molecular weight is 378 g/mol. The Hall–Kier alpha value is -2.99. The van der Waals surface area contributed by atoms with Gasteiger partial charge in [0.2, 0.25) is 17.6 Å². The number of benzene rings is 2. The van der Waals surface area contributed by atoms with Crippen LogP contribution in [0.15, 0.2) is 53.1 Å². The molecule has 3 aromatic rings. The molecule has 0 saturated carbocycles. The van der Waals surface area contributed by atoms with Gasteiger partial charge in [-0.25, -0.2) is 0 Å². The molecule has 28 heavy (non-hydrogen) atoms. The third-order valence-corrected chi connectivity index (χ3v) is 4.20. The lowest BCUT2D eigenvalue weighted by atomic mass is 9.92. The maximum absolute atomic E-state index is 12.0. The smallest absolute Gasteiger partial charge is 0.231 e. The molecule has 0 aliphatic rings. The Morgan fingerprint density at radius 2 is 1.68 bits per heavy atom. The number of carbonyl (C=O) groups excluding carboxylic acids is 1. The van der Waals surface area contributed by atoms with Gasteiger partial charge in [0.25, 0.3) is 0 Å². The van der Waals surface area contributed by atoms with Crippen LogP contribution in [0.5, 0.6) is 0 Å². The van der Waals surface area contributed by atoms with Gasteiger partial charge >= 0.3 is 0 Å². The molecule has 3 rings (SSSR count). The number of carbonyl (C=O) groups is 1. The van der Waals surface area contributed by atoms with Crippen molar-refractivity contribution in [1.82, 2.24) is 10.1 Å². The fourth-order valence-electron chi connectivity index (χ4n) is 2.80. The van der Waals surface area contributed by atoms with Gasteiger partial charge in [0.1, 0.15) is 0 Å². The summed E-state index contributed by atoms with van der Waals surface area (Å²) < 4.78 is 5.37. The van der Waals surface area contributed by atoms with Crippen LogP contribution in [-0.4, -0.2) is 16.0 Å². The van der Waals surface area contributed by atoms with Crippen molar-refractivity contribution >= 4 is 11.6 Å². The van der Waals surface area contributed by atoms with Crippen LogP contribution >= 0.6 is 0 Å². The lowest BCUT2D eigenvalue weighted by Crippen LogP contribution is -2.19. The lowest BCUT2D eigenvalue weighted by molar-refractivity contribution is -0.117. The van der Waals surface area contributed by atoms with E-state index in [9.17, 15) is 4.79 Å². The maximum atomic E-state index is 12.0. The van der Waals surface area contributed by atoms with Crippen molar-refractivity contribution in [2.75, 3.05) is 5.32 Å². The van der Waals surface area contributed by atoms with Crippen molar-refractivity contribution in [1.29, 1.82) is 0 Å². The Labute approximate surface area is 165 Å². The molecule has 0 unspecified atom stereocenters. The van der Waals surface area contributed by atoms with E-state index in [-0.39, 0.29) is 11.3 Å². The number of rotatable bonds is 6. The van der Waals surface area contributed by atoms with Crippen molar-refractivity contribution in [3.05, 3.63) is 65.5 Å². The van der Waals surface area contributed by atoms with Crippen molar-refractivity contribution in [2.24, 2.45) is 11.1 Å². The zero-order chi connectivity index (χ0) is 20.1. The van der Waals surface area contributed by atoms with E-state index in [1.807, 2.05) is 69.3 Å². The van der Waals surface area contributed by atoms with Gasteiger partial charge in [0.15, 0.2) is 0 Å². The maximum Gasteiger partial charge on any atom is 0.231 e. The van der Waals surface area contributed by atoms with Gasteiger partial charge in [-0.05, 0) is 28.7 Å². The Bertz CT molecular complexity index is 922. The summed E-state index contributed by atoms with van der Waals surface area (Å²) in [6.45, 7) is 6.63. The fourth-order valence-corrected chi connectivity index (χ4v) is 2.80. The number of hydrogen-bond acceptors (Lipinski definition) is 5. The van der Waals surface area contributed by atoms with E-state index in [0.717, 1.165) is 22.4 Å². The molecule has 0 aliphatic carbocycles. The van der Waals surface area contributed by atoms with Crippen molar-refractivity contribution in [2.45, 2.75) is 40.2 Å². The van der Waals surface area contributed by atoms with E-state index in [1.54, 1.807) is 0 Å². The summed E-state index contributed by atoms with van der Waals surface area (Å²) in [5, 5.41) is 6.98. The van der Waals surface area contributed by atoms with E-state index in [0.29, 0.717) is 31.1 Å². The molecule has 0 aliphatic heterocycles. The van der Waals surface area contributed by atoms with Crippen LogP contribution in [0, 0.1) is 5.41 Å². The topological polar surface area (TPSA) is 94.0 Å². The van der Waals surface area contributed by atoms with Crippen molar-refractivity contribution < 1.29 is 9.32 Å². The highest BCUT2D eigenvalue weighted by Gasteiger charge is 2.16. The Morgan fingerprint density at radius 3 is 2.29 bits per heavy atom. The molecule has 1 heterocycles. The molecule has 0 atom stereocenters. The molecule has 2 aromatic carbocycles. The van der Waals surface area contributed by atoms with Gasteiger partial charge in [0.05, 0.1) is 6.42 Å². The summed E-state index contributed by atoms with van der Waals surface area (Å²) in [7, 11) is 0. The largest absolute Gasteiger partial charge is 0.339 e. The minimum atomic E-state index is -0.0374. The highest BCUT2D eigenvalue weighted by atomic mass is 16.5. The molecule has 0 bridgehead atoms. The first-order valence-electron chi connectivity index (χ1n) is 9.33. The number of nitrogens with zero attached hydrogens (tertiary/aromatic N) is 2. The molecule has 1 amide bonds. The summed E-state index contributed by atoms with van der Waals surface area (Å²) in [4.78, 5) is 16.5. The predicted octanol–water partition coefficient (Wildman–Crippen LogP) is 4.16. The number of aromatic nitrogens is 2. The Kier molecular flexibility index (Phi) is 5.90. The van der Waals surface area contributed by atoms with E-state index in [2.05, 4.69) is 15.5 Å². The van der Waals surface area contributed by atoms with Gasteiger partial charge in [0, 0.05) is 24.2 Å². The number of amides is 1. The fraction of sp³-hybridized carbons (Fsp3) is 0.318. The average Bonchev–Trinajstić information content (AvgIpc) is 3.10. The molecule has 146 valence electrons. The minimum Gasteiger partial charge on any atom is -0.339 e. The van der Waals surface area contributed by atoms with Gasteiger partial charge in [-0.3, -0.25) is 4.79 Å². The monoisotopic (exact) mass is 378 g/mol. The number of hydrogen-bond donors (Lipinski definition) is 2. The lowest BCUT2D eigenvalue weighted by Gasteiger charge is -2.17. The highest BCUT2D eigenvalue weighted by molar-refractivity contribution is 5.91. The molecule has 0 fully saturated rings. The Balaban J connectivity index is 1.61. The minimum absolute atomic E-state index is 0.0162. The number of nitrogens with two attached hydrogens (primary N) is 1. The van der Waals surface area contributed by atoms with Crippen molar-refractivity contribution in [3.8, 4) is 11.4 Å². The third kappa shape index (κ3) is 5.50. The molecule has 0 saturated heterocycles. The van der Waals surface area contributed by atoms with Crippen LogP contribution in [0.4, 0.5) is 5.69 Å². The van der Waals surface area contributed by atoms with E-state index in [1.165, 1.54) is 0 Å². The van der Waals surface area contributed by atoms with E-state index >= 15 is 0 Å². The van der Waals surface area contributed by atoms with E-state index < -0.39 is 0 Å². The van der Waals surface area contributed by atoms with Crippen LogP contribution in [0.25, 0.3) is 11.4 Å². The quantitative estimate of drug-likeness (QED) is 0.672. The summed E-state index contributed by atoms with van der Waals surface area (Å²) in [6.07, 6.45) is 1.01. The number of nitrogens with one attached hydrogen (secondary N) is 1. The number of anilines is 1. The molecular formula is C22H26N4O2. The molecule has 1 aromatic heterocycles. The first kappa shape index (κ1) is 19.8. The molecule has 3 N–H and O–H groups in total. The van der Waals surface area contributed by atoms with Gasteiger partial charge in [-0.1, -0.05) is 62.3 Å². The first-order valence-corrected chi connectivity index (χ1v) is 9.33. The van der Waals surface area contributed by atoms with Gasteiger partial charge in [-0.2, -0.15) is 4.98 Å². The summed E-state index contributed by atoms with van der Waals surface area (Å²) in [5.74, 6) is 1.12. The second-order valence-corrected chi connectivity index (χ2v) is 8.07. The van der Waals surface area contributed by atoms with Crippen LogP contribution in [-0.2, 0) is 17.8 Å².